The summed E-state index contributed by atoms with van der Waals surface area (Å²) in [5, 5.41) is 7.46. The molecule has 0 saturated heterocycles. The molecule has 3 nitrogen and oxygen atoms in total. The van der Waals surface area contributed by atoms with E-state index in [9.17, 15) is 0 Å². The van der Waals surface area contributed by atoms with Crippen molar-refractivity contribution in [3.63, 3.8) is 0 Å². The molecule has 2 aromatic carbocycles. The van der Waals surface area contributed by atoms with Crippen LogP contribution in [0.15, 0.2) is 59.1 Å². The van der Waals surface area contributed by atoms with Gasteiger partial charge in [-0.2, -0.15) is 5.10 Å². The highest BCUT2D eigenvalue weighted by atomic mass is 79.9. The lowest BCUT2D eigenvalue weighted by Crippen LogP contribution is -2.20. The van der Waals surface area contributed by atoms with Gasteiger partial charge in [0.1, 0.15) is 0 Å². The summed E-state index contributed by atoms with van der Waals surface area (Å²) in [6.07, 6.45) is 0. The van der Waals surface area contributed by atoms with Crippen LogP contribution < -0.4 is 0 Å². The summed E-state index contributed by atoms with van der Waals surface area (Å²) >= 11 is 3.52. The zero-order valence-electron chi connectivity index (χ0n) is 12.0. The third-order valence-electron chi connectivity index (χ3n) is 3.64. The van der Waals surface area contributed by atoms with Crippen molar-refractivity contribution in [1.82, 2.24) is 15.2 Å². The Bertz CT molecular complexity index is 747. The van der Waals surface area contributed by atoms with Crippen LogP contribution in [0.2, 0.25) is 0 Å². The lowest BCUT2D eigenvalue weighted by atomic mass is 9.84. The fourth-order valence-electron chi connectivity index (χ4n) is 2.27. The zero-order chi connectivity index (χ0) is 14.9. The maximum absolute atomic E-state index is 4.68. The van der Waals surface area contributed by atoms with E-state index in [1.165, 1.54) is 5.56 Å². The molecule has 0 aliphatic heterocycles. The molecule has 0 unspecified atom stereocenters. The molecule has 0 amide bonds. The van der Waals surface area contributed by atoms with E-state index in [4.69, 9.17) is 0 Å². The molecule has 0 radical (unpaired) electrons. The van der Waals surface area contributed by atoms with Gasteiger partial charge in [0.2, 0.25) is 0 Å². The van der Waals surface area contributed by atoms with Crippen LogP contribution in [0, 0.1) is 0 Å². The molecule has 0 fully saturated rings. The molecule has 1 heterocycles. The maximum atomic E-state index is 4.68. The number of halogens is 1. The van der Waals surface area contributed by atoms with Crippen LogP contribution in [0.25, 0.3) is 11.4 Å². The first-order chi connectivity index (χ1) is 10.1. The van der Waals surface area contributed by atoms with E-state index in [-0.39, 0.29) is 5.41 Å². The molecule has 0 atom stereocenters. The van der Waals surface area contributed by atoms with Crippen LogP contribution in [0.3, 0.4) is 0 Å². The predicted molar refractivity (Wildman–Crippen MR) is 88.1 cm³/mol. The number of nitrogens with one attached hydrogen (secondary N) is 1. The van der Waals surface area contributed by atoms with Crippen LogP contribution in [0.1, 0.15) is 25.2 Å². The van der Waals surface area contributed by atoms with Gasteiger partial charge in [-0.3, -0.25) is 5.10 Å². The lowest BCUT2D eigenvalue weighted by molar-refractivity contribution is 0.593. The maximum Gasteiger partial charge on any atom is 0.161 e. The second-order valence-corrected chi connectivity index (χ2v) is 6.42. The van der Waals surface area contributed by atoms with Gasteiger partial charge in [-0.25, -0.2) is 4.98 Å². The van der Waals surface area contributed by atoms with Crippen molar-refractivity contribution in [2.45, 2.75) is 19.3 Å². The highest BCUT2D eigenvalue weighted by Crippen LogP contribution is 2.31. The van der Waals surface area contributed by atoms with Crippen molar-refractivity contribution in [2.24, 2.45) is 0 Å². The highest BCUT2D eigenvalue weighted by molar-refractivity contribution is 9.10. The summed E-state index contributed by atoms with van der Waals surface area (Å²) in [7, 11) is 0. The Morgan fingerprint density at radius 1 is 1.00 bits per heavy atom. The lowest BCUT2D eigenvalue weighted by Gasteiger charge is -2.21. The fourth-order valence-corrected chi connectivity index (χ4v) is 2.67. The van der Waals surface area contributed by atoms with Crippen molar-refractivity contribution < 1.29 is 0 Å². The molecule has 0 spiro atoms. The van der Waals surface area contributed by atoms with Crippen molar-refractivity contribution in [2.75, 3.05) is 0 Å². The van der Waals surface area contributed by atoms with Crippen LogP contribution in [-0.2, 0) is 5.41 Å². The first-order valence-electron chi connectivity index (χ1n) is 6.82. The normalized spacial score (nSPS) is 11.6. The van der Waals surface area contributed by atoms with E-state index >= 15 is 0 Å². The largest absolute Gasteiger partial charge is 0.259 e. The smallest absolute Gasteiger partial charge is 0.161 e. The first-order valence-corrected chi connectivity index (χ1v) is 7.61. The summed E-state index contributed by atoms with van der Waals surface area (Å²) in [5.41, 5.74) is 1.96. The SMILES string of the molecule is CC(C)(c1cccc(Br)c1)c1n[nH]c(-c2ccccc2)n1. The standard InChI is InChI=1S/C17H16BrN3/c1-17(2,13-9-6-10-14(18)11-13)16-19-15(20-21-16)12-7-4-3-5-8-12/h3-11H,1-2H3,(H,19,20,21). The first kappa shape index (κ1) is 14.0. The van der Waals surface area contributed by atoms with Gasteiger partial charge in [0.05, 0.1) is 5.41 Å². The second kappa shape index (κ2) is 5.45. The van der Waals surface area contributed by atoms with Gasteiger partial charge < -0.3 is 0 Å². The summed E-state index contributed by atoms with van der Waals surface area (Å²) in [6, 6.07) is 18.3. The van der Waals surface area contributed by atoms with Crippen molar-refractivity contribution >= 4 is 15.9 Å². The Labute approximate surface area is 132 Å². The molecule has 3 rings (SSSR count). The Kier molecular flexibility index (Phi) is 3.64. The predicted octanol–water partition coefficient (Wildman–Crippen LogP) is 4.56. The van der Waals surface area contributed by atoms with Crippen LogP contribution in [0.4, 0.5) is 0 Å². The van der Waals surface area contributed by atoms with Crippen LogP contribution >= 0.6 is 15.9 Å². The third kappa shape index (κ3) is 2.76. The van der Waals surface area contributed by atoms with Crippen molar-refractivity contribution in [3.05, 3.63) is 70.5 Å². The topological polar surface area (TPSA) is 41.6 Å². The third-order valence-corrected chi connectivity index (χ3v) is 4.13. The van der Waals surface area contributed by atoms with Crippen molar-refractivity contribution in [3.8, 4) is 11.4 Å². The minimum atomic E-state index is -0.257. The summed E-state index contributed by atoms with van der Waals surface area (Å²) in [4.78, 5) is 4.68. The van der Waals surface area contributed by atoms with Gasteiger partial charge in [-0.1, -0.05) is 58.4 Å². The quantitative estimate of drug-likeness (QED) is 0.758. The Balaban J connectivity index is 1.99. The number of aromatic nitrogens is 3. The summed E-state index contributed by atoms with van der Waals surface area (Å²) in [6.45, 7) is 4.26. The average molecular weight is 342 g/mol. The number of aromatic amines is 1. The Morgan fingerprint density at radius 2 is 1.76 bits per heavy atom. The van der Waals surface area contributed by atoms with Gasteiger partial charge in [-0.05, 0) is 31.5 Å². The molecule has 3 aromatic rings. The molecule has 0 aliphatic carbocycles. The van der Waals surface area contributed by atoms with E-state index in [1.54, 1.807) is 0 Å². The van der Waals surface area contributed by atoms with Gasteiger partial charge in [-0.15, -0.1) is 0 Å². The second-order valence-electron chi connectivity index (χ2n) is 5.51. The number of rotatable bonds is 3. The van der Waals surface area contributed by atoms with E-state index in [0.29, 0.717) is 0 Å². The van der Waals surface area contributed by atoms with Gasteiger partial charge in [0.15, 0.2) is 11.6 Å². The number of benzene rings is 2. The zero-order valence-corrected chi connectivity index (χ0v) is 13.6. The summed E-state index contributed by atoms with van der Waals surface area (Å²) < 4.78 is 1.06. The van der Waals surface area contributed by atoms with Gasteiger partial charge in [0, 0.05) is 10.0 Å². The molecular formula is C17H16BrN3. The van der Waals surface area contributed by atoms with E-state index in [1.807, 2.05) is 42.5 Å². The Morgan fingerprint density at radius 3 is 2.48 bits per heavy atom. The Hall–Kier alpha value is -1.94. The minimum absolute atomic E-state index is 0.257. The average Bonchev–Trinajstić information content (AvgIpc) is 2.99. The van der Waals surface area contributed by atoms with Gasteiger partial charge in [0.25, 0.3) is 0 Å². The fraction of sp³-hybridized carbons (Fsp3) is 0.176. The van der Waals surface area contributed by atoms with Gasteiger partial charge >= 0.3 is 0 Å². The number of hydrogen-bond acceptors (Lipinski definition) is 2. The molecule has 0 bridgehead atoms. The van der Waals surface area contributed by atoms with E-state index in [0.717, 1.165) is 21.7 Å². The molecule has 4 heteroatoms. The number of H-pyrrole nitrogens is 1. The van der Waals surface area contributed by atoms with Crippen LogP contribution in [-0.4, -0.2) is 15.2 Å². The number of nitrogens with zero attached hydrogens (tertiary/aromatic N) is 2. The molecule has 21 heavy (non-hydrogen) atoms. The summed E-state index contributed by atoms with van der Waals surface area (Å²) in [5.74, 6) is 1.59. The molecule has 1 N–H and O–H groups in total. The van der Waals surface area contributed by atoms with Crippen LogP contribution in [0.5, 0.6) is 0 Å². The van der Waals surface area contributed by atoms with E-state index < -0.39 is 0 Å². The number of hydrogen-bond donors (Lipinski definition) is 1. The molecule has 0 saturated carbocycles. The molecule has 1 aromatic heterocycles. The van der Waals surface area contributed by atoms with E-state index in [2.05, 4.69) is 57.1 Å². The monoisotopic (exact) mass is 341 g/mol. The molecule has 106 valence electrons. The molecule has 0 aliphatic rings. The molecular weight excluding hydrogens is 326 g/mol. The minimum Gasteiger partial charge on any atom is -0.259 e. The van der Waals surface area contributed by atoms with Crippen molar-refractivity contribution in [1.29, 1.82) is 0 Å². The highest BCUT2D eigenvalue weighted by Gasteiger charge is 2.28.